The van der Waals surface area contributed by atoms with Gasteiger partial charge in [-0.05, 0) is 29.5 Å². The number of carbonyl (C=O) groups excluding carboxylic acids is 1. The number of aromatic nitrogens is 1. The van der Waals surface area contributed by atoms with Crippen LogP contribution in [0, 0.1) is 6.92 Å². The van der Waals surface area contributed by atoms with Gasteiger partial charge in [-0.25, -0.2) is 4.98 Å². The molecule has 3 aromatic rings. The number of nitrogens with one attached hydrogen (secondary N) is 1. The molecule has 0 radical (unpaired) electrons. The molecule has 0 aliphatic rings. The number of amides is 1. The van der Waals surface area contributed by atoms with Gasteiger partial charge in [0.05, 0.1) is 0 Å². The Balaban J connectivity index is 1.68. The van der Waals surface area contributed by atoms with E-state index < -0.39 is 0 Å². The lowest BCUT2D eigenvalue weighted by Gasteiger charge is -2.06. The number of nitrogens with zero attached hydrogens (tertiary/aromatic N) is 1. The highest BCUT2D eigenvalue weighted by molar-refractivity contribution is 7.14. The van der Waals surface area contributed by atoms with Crippen LogP contribution in [0.15, 0.2) is 46.5 Å². The monoisotopic (exact) mass is 314 g/mol. The van der Waals surface area contributed by atoms with E-state index in [1.54, 1.807) is 16.7 Å². The molecule has 0 fully saturated rings. The molecule has 0 saturated carbocycles. The lowest BCUT2D eigenvalue weighted by atomic mass is 10.1. The average molecular weight is 314 g/mol. The molecule has 1 amide bonds. The SMILES string of the molecule is Cc1ccccc1CNC(=O)c1csc(-c2ccsc2)n1. The number of benzene rings is 1. The highest BCUT2D eigenvalue weighted by Gasteiger charge is 2.12. The van der Waals surface area contributed by atoms with E-state index >= 15 is 0 Å². The van der Waals surface area contributed by atoms with Gasteiger partial charge >= 0.3 is 0 Å². The molecule has 0 unspecified atom stereocenters. The molecule has 2 heterocycles. The fourth-order valence-electron chi connectivity index (χ4n) is 1.97. The van der Waals surface area contributed by atoms with Crippen molar-refractivity contribution in [2.24, 2.45) is 0 Å². The van der Waals surface area contributed by atoms with Gasteiger partial charge in [-0.3, -0.25) is 4.79 Å². The second-order valence-corrected chi connectivity index (χ2v) is 6.30. The zero-order chi connectivity index (χ0) is 14.7. The van der Waals surface area contributed by atoms with Crippen molar-refractivity contribution >= 4 is 28.6 Å². The lowest BCUT2D eigenvalue weighted by Crippen LogP contribution is -2.23. The van der Waals surface area contributed by atoms with E-state index in [0.717, 1.165) is 16.1 Å². The van der Waals surface area contributed by atoms with Gasteiger partial charge < -0.3 is 5.32 Å². The topological polar surface area (TPSA) is 42.0 Å². The molecule has 0 bridgehead atoms. The van der Waals surface area contributed by atoms with Crippen LogP contribution in [0.2, 0.25) is 0 Å². The summed E-state index contributed by atoms with van der Waals surface area (Å²) in [5, 5.41) is 9.66. The highest BCUT2D eigenvalue weighted by atomic mass is 32.1. The van der Waals surface area contributed by atoms with Gasteiger partial charge in [0, 0.05) is 22.9 Å². The Morgan fingerprint density at radius 2 is 2.10 bits per heavy atom. The van der Waals surface area contributed by atoms with E-state index in [4.69, 9.17) is 0 Å². The van der Waals surface area contributed by atoms with Crippen molar-refractivity contribution in [3.8, 4) is 10.6 Å². The Morgan fingerprint density at radius 1 is 1.24 bits per heavy atom. The van der Waals surface area contributed by atoms with Gasteiger partial charge in [0.1, 0.15) is 10.7 Å². The highest BCUT2D eigenvalue weighted by Crippen LogP contribution is 2.25. The third kappa shape index (κ3) is 3.20. The van der Waals surface area contributed by atoms with Gasteiger partial charge in [0.15, 0.2) is 0 Å². The van der Waals surface area contributed by atoms with Crippen LogP contribution in [0.5, 0.6) is 0 Å². The van der Waals surface area contributed by atoms with Crippen LogP contribution >= 0.6 is 22.7 Å². The van der Waals surface area contributed by atoms with Crippen molar-refractivity contribution in [2.75, 3.05) is 0 Å². The van der Waals surface area contributed by atoms with E-state index in [1.807, 2.05) is 48.0 Å². The van der Waals surface area contributed by atoms with E-state index in [2.05, 4.69) is 10.3 Å². The van der Waals surface area contributed by atoms with Gasteiger partial charge in [-0.15, -0.1) is 11.3 Å². The van der Waals surface area contributed by atoms with Crippen molar-refractivity contribution < 1.29 is 4.79 Å². The van der Waals surface area contributed by atoms with Crippen molar-refractivity contribution in [1.82, 2.24) is 10.3 Å². The maximum absolute atomic E-state index is 12.1. The number of hydrogen-bond donors (Lipinski definition) is 1. The van der Waals surface area contributed by atoms with Gasteiger partial charge in [0.25, 0.3) is 5.91 Å². The van der Waals surface area contributed by atoms with Crippen molar-refractivity contribution in [3.63, 3.8) is 0 Å². The zero-order valence-electron chi connectivity index (χ0n) is 11.5. The minimum absolute atomic E-state index is 0.129. The molecule has 2 aromatic heterocycles. The van der Waals surface area contributed by atoms with Gasteiger partial charge in [-0.2, -0.15) is 11.3 Å². The first kappa shape index (κ1) is 14.0. The van der Waals surface area contributed by atoms with E-state index in [-0.39, 0.29) is 5.91 Å². The third-order valence-corrected chi connectivity index (χ3v) is 4.78. The molecule has 5 heteroatoms. The Kier molecular flexibility index (Phi) is 4.13. The summed E-state index contributed by atoms with van der Waals surface area (Å²) in [4.78, 5) is 16.5. The molecule has 1 N–H and O–H groups in total. The van der Waals surface area contributed by atoms with Crippen LogP contribution in [0.3, 0.4) is 0 Å². The van der Waals surface area contributed by atoms with Crippen LogP contribution in [0.1, 0.15) is 21.6 Å². The summed E-state index contributed by atoms with van der Waals surface area (Å²) in [6.07, 6.45) is 0. The second-order valence-electron chi connectivity index (χ2n) is 4.66. The van der Waals surface area contributed by atoms with Crippen LogP contribution in [0.4, 0.5) is 0 Å². The molecule has 0 aliphatic carbocycles. The molecular weight excluding hydrogens is 300 g/mol. The predicted molar refractivity (Wildman–Crippen MR) is 87.8 cm³/mol. The summed E-state index contributed by atoms with van der Waals surface area (Å²) in [5.74, 6) is -0.129. The average Bonchev–Trinajstić information content (AvgIpc) is 3.16. The van der Waals surface area contributed by atoms with Crippen LogP contribution < -0.4 is 5.32 Å². The number of thiazole rings is 1. The Hall–Kier alpha value is -1.98. The molecule has 3 rings (SSSR count). The molecule has 0 saturated heterocycles. The van der Waals surface area contributed by atoms with Gasteiger partial charge in [-0.1, -0.05) is 24.3 Å². The standard InChI is InChI=1S/C16H14N2OS2/c1-11-4-2-3-5-12(11)8-17-15(19)14-10-21-16(18-14)13-6-7-20-9-13/h2-7,9-10H,8H2,1H3,(H,17,19). The molecule has 0 atom stereocenters. The summed E-state index contributed by atoms with van der Waals surface area (Å²) in [7, 11) is 0. The van der Waals surface area contributed by atoms with E-state index in [0.29, 0.717) is 12.2 Å². The van der Waals surface area contributed by atoms with E-state index in [1.165, 1.54) is 16.9 Å². The lowest BCUT2D eigenvalue weighted by molar-refractivity contribution is 0.0946. The Morgan fingerprint density at radius 3 is 2.86 bits per heavy atom. The number of rotatable bonds is 4. The molecule has 106 valence electrons. The Labute approximate surface area is 131 Å². The fourth-order valence-corrected chi connectivity index (χ4v) is 3.48. The number of carbonyl (C=O) groups is 1. The maximum Gasteiger partial charge on any atom is 0.271 e. The molecule has 0 spiro atoms. The molecule has 1 aromatic carbocycles. The molecule has 3 nitrogen and oxygen atoms in total. The van der Waals surface area contributed by atoms with Crippen LogP contribution in [0.25, 0.3) is 10.6 Å². The zero-order valence-corrected chi connectivity index (χ0v) is 13.1. The van der Waals surface area contributed by atoms with Crippen molar-refractivity contribution in [3.05, 3.63) is 63.3 Å². The summed E-state index contributed by atoms with van der Waals surface area (Å²) in [6.45, 7) is 2.57. The number of aryl methyl sites for hydroxylation is 1. The normalized spacial score (nSPS) is 10.5. The number of thiophene rings is 1. The van der Waals surface area contributed by atoms with Crippen molar-refractivity contribution in [1.29, 1.82) is 0 Å². The maximum atomic E-state index is 12.1. The molecular formula is C16H14N2OS2. The molecule has 21 heavy (non-hydrogen) atoms. The molecule has 0 aliphatic heterocycles. The largest absolute Gasteiger partial charge is 0.347 e. The van der Waals surface area contributed by atoms with Crippen LogP contribution in [-0.4, -0.2) is 10.9 Å². The van der Waals surface area contributed by atoms with Crippen molar-refractivity contribution in [2.45, 2.75) is 13.5 Å². The number of hydrogen-bond acceptors (Lipinski definition) is 4. The summed E-state index contributed by atoms with van der Waals surface area (Å²) >= 11 is 3.12. The summed E-state index contributed by atoms with van der Waals surface area (Å²) < 4.78 is 0. The minimum atomic E-state index is -0.129. The first-order valence-corrected chi connectivity index (χ1v) is 8.37. The predicted octanol–water partition coefficient (Wildman–Crippen LogP) is 4.11. The Bertz CT molecular complexity index is 747. The first-order valence-electron chi connectivity index (χ1n) is 6.55. The fraction of sp³-hybridized carbons (Fsp3) is 0.125. The first-order chi connectivity index (χ1) is 10.2. The van der Waals surface area contributed by atoms with E-state index in [9.17, 15) is 4.79 Å². The minimum Gasteiger partial charge on any atom is -0.347 e. The third-order valence-electron chi connectivity index (χ3n) is 3.21. The van der Waals surface area contributed by atoms with Crippen LogP contribution in [-0.2, 0) is 6.54 Å². The second kappa shape index (κ2) is 6.20. The summed E-state index contributed by atoms with van der Waals surface area (Å²) in [6, 6.07) is 10.0. The smallest absolute Gasteiger partial charge is 0.271 e. The summed E-state index contributed by atoms with van der Waals surface area (Å²) in [5.41, 5.74) is 3.85. The van der Waals surface area contributed by atoms with Gasteiger partial charge in [0.2, 0.25) is 0 Å². The quantitative estimate of drug-likeness (QED) is 0.787.